The first-order chi connectivity index (χ1) is 10.6. The van der Waals surface area contributed by atoms with Gasteiger partial charge in [0, 0.05) is 30.9 Å². The third-order valence-corrected chi connectivity index (χ3v) is 3.98. The summed E-state index contributed by atoms with van der Waals surface area (Å²) in [4.78, 5) is 21.9. The van der Waals surface area contributed by atoms with Gasteiger partial charge in [-0.3, -0.25) is 4.79 Å². The van der Waals surface area contributed by atoms with Crippen molar-refractivity contribution in [3.8, 4) is 5.75 Å². The Bertz CT molecular complexity index is 698. The summed E-state index contributed by atoms with van der Waals surface area (Å²) in [5.74, 6) is 0.837. The smallest absolute Gasteiger partial charge is 0.257 e. The van der Waals surface area contributed by atoms with E-state index in [1.807, 2.05) is 6.92 Å². The van der Waals surface area contributed by atoms with Crippen molar-refractivity contribution in [2.75, 3.05) is 20.2 Å². The molecule has 1 saturated heterocycles. The second-order valence-corrected chi connectivity index (χ2v) is 5.53. The molecule has 1 unspecified atom stereocenters. The van der Waals surface area contributed by atoms with Crippen LogP contribution in [0.5, 0.6) is 5.75 Å². The predicted octanol–water partition coefficient (Wildman–Crippen LogP) is 2.50. The Labute approximate surface area is 128 Å². The molecule has 1 atom stereocenters. The van der Waals surface area contributed by atoms with Crippen LogP contribution < -0.4 is 4.74 Å². The number of imidazole rings is 1. The number of aromatic amines is 1. The van der Waals surface area contributed by atoms with Gasteiger partial charge in [-0.25, -0.2) is 9.37 Å². The topological polar surface area (TPSA) is 58.2 Å². The van der Waals surface area contributed by atoms with E-state index < -0.39 is 5.82 Å². The van der Waals surface area contributed by atoms with Crippen LogP contribution in [-0.2, 0) is 0 Å². The number of hydrogen-bond acceptors (Lipinski definition) is 3. The molecular weight excluding hydrogens is 285 g/mol. The molecule has 0 radical (unpaired) electrons. The van der Waals surface area contributed by atoms with Crippen LogP contribution in [0.4, 0.5) is 4.39 Å². The molecule has 0 bridgehead atoms. The molecule has 0 spiro atoms. The molecule has 22 heavy (non-hydrogen) atoms. The summed E-state index contributed by atoms with van der Waals surface area (Å²) < 4.78 is 18.6. The molecule has 116 valence electrons. The van der Waals surface area contributed by atoms with E-state index in [0.29, 0.717) is 18.8 Å². The number of benzene rings is 1. The standard InChI is InChI=1S/C16H18FN3O2/c1-10-8-18-15(19-10)11-5-6-20(9-11)16(21)13-7-12(17)3-4-14(13)22-2/h3-4,7-8,11H,5-6,9H2,1-2H3,(H,18,19). The zero-order valence-electron chi connectivity index (χ0n) is 12.6. The molecule has 1 N–H and O–H groups in total. The minimum Gasteiger partial charge on any atom is -0.496 e. The van der Waals surface area contributed by atoms with E-state index in [-0.39, 0.29) is 17.4 Å². The maximum absolute atomic E-state index is 13.4. The summed E-state index contributed by atoms with van der Waals surface area (Å²) in [6.45, 7) is 3.15. The number of ether oxygens (including phenoxy) is 1. The van der Waals surface area contributed by atoms with Crippen LogP contribution in [0.15, 0.2) is 24.4 Å². The average molecular weight is 303 g/mol. The number of aryl methyl sites for hydroxylation is 1. The van der Waals surface area contributed by atoms with Crippen molar-refractivity contribution in [2.45, 2.75) is 19.3 Å². The van der Waals surface area contributed by atoms with Crippen molar-refractivity contribution in [1.82, 2.24) is 14.9 Å². The van der Waals surface area contributed by atoms with E-state index in [4.69, 9.17) is 4.74 Å². The lowest BCUT2D eigenvalue weighted by Crippen LogP contribution is -2.29. The maximum atomic E-state index is 13.4. The van der Waals surface area contributed by atoms with Crippen molar-refractivity contribution in [3.05, 3.63) is 47.3 Å². The largest absolute Gasteiger partial charge is 0.496 e. The Morgan fingerprint density at radius 2 is 2.32 bits per heavy atom. The van der Waals surface area contributed by atoms with Crippen molar-refractivity contribution < 1.29 is 13.9 Å². The van der Waals surface area contributed by atoms with Crippen LogP contribution in [0.25, 0.3) is 0 Å². The van der Waals surface area contributed by atoms with Crippen LogP contribution >= 0.6 is 0 Å². The number of H-pyrrole nitrogens is 1. The zero-order valence-corrected chi connectivity index (χ0v) is 12.6. The number of halogens is 1. The lowest BCUT2D eigenvalue weighted by molar-refractivity contribution is 0.0786. The highest BCUT2D eigenvalue weighted by Crippen LogP contribution is 2.28. The molecule has 5 nitrogen and oxygen atoms in total. The second kappa shape index (κ2) is 5.79. The van der Waals surface area contributed by atoms with Gasteiger partial charge in [-0.05, 0) is 31.5 Å². The van der Waals surface area contributed by atoms with Crippen molar-refractivity contribution in [1.29, 1.82) is 0 Å². The normalized spacial score (nSPS) is 17.8. The number of hydrogen-bond donors (Lipinski definition) is 1. The Hall–Kier alpha value is -2.37. The monoisotopic (exact) mass is 303 g/mol. The van der Waals surface area contributed by atoms with Gasteiger partial charge in [-0.1, -0.05) is 0 Å². The number of amides is 1. The summed E-state index contributed by atoms with van der Waals surface area (Å²) in [5, 5.41) is 0. The van der Waals surface area contributed by atoms with Gasteiger partial charge >= 0.3 is 0 Å². The van der Waals surface area contributed by atoms with E-state index in [1.54, 1.807) is 11.1 Å². The van der Waals surface area contributed by atoms with E-state index in [2.05, 4.69) is 9.97 Å². The molecule has 1 aromatic heterocycles. The number of nitrogens with zero attached hydrogens (tertiary/aromatic N) is 2. The molecule has 1 aliphatic heterocycles. The van der Waals surface area contributed by atoms with Gasteiger partial charge in [-0.2, -0.15) is 0 Å². The predicted molar refractivity (Wildman–Crippen MR) is 79.5 cm³/mol. The third-order valence-electron chi connectivity index (χ3n) is 3.98. The Balaban J connectivity index is 1.78. The highest BCUT2D eigenvalue weighted by molar-refractivity contribution is 5.97. The fourth-order valence-electron chi connectivity index (χ4n) is 2.83. The zero-order chi connectivity index (χ0) is 15.7. The molecule has 0 saturated carbocycles. The first-order valence-electron chi connectivity index (χ1n) is 7.23. The maximum Gasteiger partial charge on any atom is 0.257 e. The first-order valence-corrected chi connectivity index (χ1v) is 7.23. The Morgan fingerprint density at radius 3 is 3.00 bits per heavy atom. The van der Waals surface area contributed by atoms with Gasteiger partial charge in [0.1, 0.15) is 17.4 Å². The summed E-state index contributed by atoms with van der Waals surface area (Å²) in [7, 11) is 1.47. The van der Waals surface area contributed by atoms with Crippen molar-refractivity contribution in [2.24, 2.45) is 0 Å². The number of nitrogens with one attached hydrogen (secondary N) is 1. The number of carbonyl (C=O) groups excluding carboxylic acids is 1. The molecule has 0 aliphatic carbocycles. The fraction of sp³-hybridized carbons (Fsp3) is 0.375. The Morgan fingerprint density at radius 1 is 1.50 bits per heavy atom. The highest BCUT2D eigenvalue weighted by atomic mass is 19.1. The SMILES string of the molecule is COc1ccc(F)cc1C(=O)N1CCC(c2ncc(C)[nH]2)C1. The lowest BCUT2D eigenvalue weighted by atomic mass is 10.1. The van der Waals surface area contributed by atoms with Crippen LogP contribution in [0.3, 0.4) is 0 Å². The number of likely N-dealkylation sites (tertiary alicyclic amines) is 1. The average Bonchev–Trinajstić information content (AvgIpc) is 3.15. The van der Waals surface area contributed by atoms with Crippen molar-refractivity contribution in [3.63, 3.8) is 0 Å². The van der Waals surface area contributed by atoms with E-state index in [1.165, 1.54) is 25.3 Å². The minimum atomic E-state index is -0.443. The van der Waals surface area contributed by atoms with Gasteiger partial charge in [0.05, 0.1) is 12.7 Å². The molecule has 2 heterocycles. The van der Waals surface area contributed by atoms with Gasteiger partial charge in [0.25, 0.3) is 5.91 Å². The number of carbonyl (C=O) groups is 1. The van der Waals surface area contributed by atoms with Crippen LogP contribution in [0.2, 0.25) is 0 Å². The molecule has 6 heteroatoms. The van der Waals surface area contributed by atoms with Crippen LogP contribution in [0, 0.1) is 12.7 Å². The van der Waals surface area contributed by atoms with Crippen LogP contribution in [0.1, 0.15) is 34.2 Å². The number of rotatable bonds is 3. The van der Waals surface area contributed by atoms with E-state index in [9.17, 15) is 9.18 Å². The molecular formula is C16H18FN3O2. The summed E-state index contributed by atoms with van der Waals surface area (Å²) in [5.41, 5.74) is 1.27. The second-order valence-electron chi connectivity index (χ2n) is 5.53. The molecule has 1 aliphatic rings. The molecule has 1 fully saturated rings. The van der Waals surface area contributed by atoms with Crippen LogP contribution in [-0.4, -0.2) is 41.0 Å². The summed E-state index contributed by atoms with van der Waals surface area (Å²) in [6, 6.07) is 3.99. The lowest BCUT2D eigenvalue weighted by Gasteiger charge is -2.18. The van der Waals surface area contributed by atoms with E-state index >= 15 is 0 Å². The quantitative estimate of drug-likeness (QED) is 0.947. The van der Waals surface area contributed by atoms with Gasteiger partial charge in [0.15, 0.2) is 0 Å². The molecule has 3 rings (SSSR count). The van der Waals surface area contributed by atoms with E-state index in [0.717, 1.165) is 17.9 Å². The fourth-order valence-corrected chi connectivity index (χ4v) is 2.83. The summed E-state index contributed by atoms with van der Waals surface area (Å²) >= 11 is 0. The Kier molecular flexibility index (Phi) is 3.83. The highest BCUT2D eigenvalue weighted by Gasteiger charge is 2.30. The number of aromatic nitrogens is 2. The molecule has 2 aromatic rings. The number of methoxy groups -OCH3 is 1. The molecule has 1 amide bonds. The molecule has 1 aromatic carbocycles. The van der Waals surface area contributed by atoms with Gasteiger partial charge in [-0.15, -0.1) is 0 Å². The summed E-state index contributed by atoms with van der Waals surface area (Å²) in [6.07, 6.45) is 2.63. The minimum absolute atomic E-state index is 0.192. The third kappa shape index (κ3) is 2.68. The van der Waals surface area contributed by atoms with Crippen molar-refractivity contribution >= 4 is 5.91 Å². The van der Waals surface area contributed by atoms with Gasteiger partial charge in [0.2, 0.25) is 0 Å². The van der Waals surface area contributed by atoms with Gasteiger partial charge < -0.3 is 14.6 Å². The first kappa shape index (κ1) is 14.6.